The second-order valence-corrected chi connectivity index (χ2v) is 12.2. The predicted octanol–water partition coefficient (Wildman–Crippen LogP) is 4.92. The molecule has 0 bridgehead atoms. The number of nitrogens with zero attached hydrogens (tertiary/aromatic N) is 3. The smallest absolute Gasteiger partial charge is 0.251 e. The van der Waals surface area contributed by atoms with Crippen LogP contribution in [-0.2, 0) is 16.8 Å². The Hall–Kier alpha value is -4.22. The lowest BCUT2D eigenvalue weighted by Crippen LogP contribution is -2.49. The number of aromatic nitrogens is 3. The van der Waals surface area contributed by atoms with Crippen LogP contribution in [-0.4, -0.2) is 51.8 Å². The molecule has 2 aliphatic carbocycles. The van der Waals surface area contributed by atoms with Gasteiger partial charge in [0.2, 0.25) is 11.8 Å². The number of methoxy groups -OCH3 is 1. The van der Waals surface area contributed by atoms with Gasteiger partial charge < -0.3 is 25.6 Å². The average Bonchev–Trinajstić information content (AvgIpc) is 3.74. The molecule has 2 fully saturated rings. The maximum absolute atomic E-state index is 14.1. The zero-order valence-corrected chi connectivity index (χ0v) is 25.9. The van der Waals surface area contributed by atoms with Crippen molar-refractivity contribution in [3.8, 4) is 22.9 Å². The van der Waals surface area contributed by atoms with Crippen molar-refractivity contribution in [1.29, 1.82) is 0 Å². The number of rotatable bonds is 12. The third kappa shape index (κ3) is 6.06. The van der Waals surface area contributed by atoms with Gasteiger partial charge in [-0.05, 0) is 74.9 Å². The van der Waals surface area contributed by atoms with Crippen molar-refractivity contribution in [3.05, 3.63) is 75.8 Å². The molecule has 1 atom stereocenters. The van der Waals surface area contributed by atoms with E-state index in [4.69, 9.17) is 31.8 Å². The molecule has 45 heavy (non-hydrogen) atoms. The third-order valence-electron chi connectivity index (χ3n) is 8.65. The highest BCUT2D eigenvalue weighted by atomic mass is 35.5. The molecule has 3 aromatic heterocycles. The van der Waals surface area contributed by atoms with Gasteiger partial charge in [-0.15, -0.1) is 0 Å². The summed E-state index contributed by atoms with van der Waals surface area (Å²) in [5.41, 5.74) is 7.42. The molecule has 4 N–H and O–H groups in total. The van der Waals surface area contributed by atoms with Gasteiger partial charge in [0.25, 0.3) is 5.91 Å². The zero-order valence-electron chi connectivity index (χ0n) is 25.1. The Morgan fingerprint density at radius 2 is 1.96 bits per heavy atom. The number of pyridine rings is 2. The number of aliphatic hydroxyl groups is 1. The minimum absolute atomic E-state index is 0.116. The van der Waals surface area contributed by atoms with E-state index in [0.717, 1.165) is 30.5 Å². The lowest BCUT2D eigenvalue weighted by atomic mass is 9.70. The fraction of sp³-hybridized carbons (Fsp3) is 0.394. The number of hydrogen-bond donors (Lipinski definition) is 3. The summed E-state index contributed by atoms with van der Waals surface area (Å²) in [4.78, 5) is 30.5. The van der Waals surface area contributed by atoms with Crippen LogP contribution in [0, 0.1) is 11.7 Å². The molecule has 6 rings (SSSR count). The van der Waals surface area contributed by atoms with Gasteiger partial charge in [0, 0.05) is 28.7 Å². The van der Waals surface area contributed by atoms with Gasteiger partial charge >= 0.3 is 0 Å². The number of halogens is 2. The summed E-state index contributed by atoms with van der Waals surface area (Å²) in [5.74, 6) is -0.693. The number of carbonyl (C=O) groups is 2. The largest absolute Gasteiger partial charge is 0.491 e. The maximum Gasteiger partial charge on any atom is 0.251 e. The summed E-state index contributed by atoms with van der Waals surface area (Å²) in [5, 5.41) is 19.8. The minimum atomic E-state index is -1.60. The van der Waals surface area contributed by atoms with Crippen molar-refractivity contribution in [2.45, 2.75) is 57.0 Å². The minimum Gasteiger partial charge on any atom is -0.491 e. The SMILES string of the molecule is CCOc1c(CC(N)=O)cc([C@@](O)(CNC(=O)c2cc(OC)n3nc(C4CC4)cc3c2)C2CCC2)nc1-c1ccc(F)c(Cl)c1. The molecule has 3 heterocycles. The number of ether oxygens (including phenoxy) is 2. The molecule has 12 heteroatoms. The fourth-order valence-electron chi connectivity index (χ4n) is 5.86. The number of fused-ring (bicyclic) bond motifs is 1. The van der Waals surface area contributed by atoms with Crippen molar-refractivity contribution in [1.82, 2.24) is 19.9 Å². The van der Waals surface area contributed by atoms with E-state index in [2.05, 4.69) is 10.4 Å². The highest BCUT2D eigenvalue weighted by Gasteiger charge is 2.44. The van der Waals surface area contributed by atoms with E-state index in [1.54, 1.807) is 29.6 Å². The summed E-state index contributed by atoms with van der Waals surface area (Å²) in [7, 11) is 1.53. The Balaban J connectivity index is 1.38. The Bertz CT molecular complexity index is 1790. The maximum atomic E-state index is 14.1. The van der Waals surface area contributed by atoms with Gasteiger partial charge in [-0.1, -0.05) is 18.0 Å². The quantitative estimate of drug-likeness (QED) is 0.201. The van der Waals surface area contributed by atoms with Crippen molar-refractivity contribution in [2.24, 2.45) is 11.7 Å². The van der Waals surface area contributed by atoms with Crippen LogP contribution in [0.5, 0.6) is 11.6 Å². The molecule has 2 saturated carbocycles. The number of primary amides is 1. The molecular formula is C33H35ClFN5O5. The summed E-state index contributed by atoms with van der Waals surface area (Å²) >= 11 is 6.12. The van der Waals surface area contributed by atoms with Crippen LogP contribution in [0.25, 0.3) is 16.8 Å². The highest BCUT2D eigenvalue weighted by Crippen LogP contribution is 2.45. The van der Waals surface area contributed by atoms with E-state index in [1.165, 1.54) is 25.3 Å². The Kier molecular flexibility index (Phi) is 8.41. The summed E-state index contributed by atoms with van der Waals surface area (Å²) in [6.07, 6.45) is 4.33. The molecule has 10 nitrogen and oxygen atoms in total. The number of hydrogen-bond acceptors (Lipinski definition) is 7. The van der Waals surface area contributed by atoms with Gasteiger partial charge in [0.1, 0.15) is 22.9 Å². The van der Waals surface area contributed by atoms with E-state index in [-0.39, 0.29) is 47.7 Å². The van der Waals surface area contributed by atoms with Gasteiger partial charge in [-0.3, -0.25) is 9.59 Å². The molecule has 2 aliphatic rings. The summed E-state index contributed by atoms with van der Waals surface area (Å²) in [6, 6.07) is 11.1. The zero-order chi connectivity index (χ0) is 31.9. The Labute approximate surface area is 264 Å². The summed E-state index contributed by atoms with van der Waals surface area (Å²) in [6.45, 7) is 1.88. The standard InChI is InChI=1S/C33H35ClFN5O5/c1-3-45-31-20(14-28(36)41)13-27(38-30(31)19-9-10-25(35)24(34)12-19)33(43,22-5-4-6-22)17-37-32(42)21-11-23-16-26(18-7-8-18)39-40(23)29(15-21)44-2/h9-13,15-16,18,22,43H,3-8,14,17H2,1-2H3,(H2,36,41)(H,37,42)/t33-/m1/s1. The van der Waals surface area contributed by atoms with E-state index >= 15 is 0 Å². The van der Waals surface area contributed by atoms with Crippen LogP contribution in [0.2, 0.25) is 5.02 Å². The Morgan fingerprint density at radius 1 is 1.18 bits per heavy atom. The molecule has 0 radical (unpaired) electrons. The fourth-order valence-corrected chi connectivity index (χ4v) is 6.04. The van der Waals surface area contributed by atoms with Gasteiger partial charge in [-0.25, -0.2) is 13.9 Å². The van der Waals surface area contributed by atoms with Crippen molar-refractivity contribution in [3.63, 3.8) is 0 Å². The molecule has 0 saturated heterocycles. The van der Waals surface area contributed by atoms with Crippen LogP contribution in [0.15, 0.2) is 42.5 Å². The first-order valence-electron chi connectivity index (χ1n) is 15.1. The van der Waals surface area contributed by atoms with Crippen molar-refractivity contribution in [2.75, 3.05) is 20.3 Å². The van der Waals surface area contributed by atoms with Crippen LogP contribution in [0.4, 0.5) is 4.39 Å². The molecule has 4 aromatic rings. The van der Waals surface area contributed by atoms with Crippen molar-refractivity contribution >= 4 is 28.9 Å². The van der Waals surface area contributed by atoms with Crippen LogP contribution in [0.1, 0.15) is 72.3 Å². The lowest BCUT2D eigenvalue weighted by Gasteiger charge is -2.41. The van der Waals surface area contributed by atoms with E-state index < -0.39 is 23.2 Å². The predicted molar refractivity (Wildman–Crippen MR) is 166 cm³/mol. The van der Waals surface area contributed by atoms with Gasteiger partial charge in [-0.2, -0.15) is 5.10 Å². The molecule has 0 spiro atoms. The van der Waals surface area contributed by atoms with Crippen LogP contribution >= 0.6 is 11.6 Å². The van der Waals surface area contributed by atoms with E-state index in [9.17, 15) is 19.1 Å². The van der Waals surface area contributed by atoms with Crippen LogP contribution in [0.3, 0.4) is 0 Å². The first-order chi connectivity index (χ1) is 21.6. The number of carbonyl (C=O) groups excluding carboxylic acids is 2. The number of nitrogens with one attached hydrogen (secondary N) is 1. The molecule has 0 aliphatic heterocycles. The normalized spacial score (nSPS) is 16.2. The number of benzene rings is 1. The van der Waals surface area contributed by atoms with Crippen LogP contribution < -0.4 is 20.5 Å². The highest BCUT2D eigenvalue weighted by molar-refractivity contribution is 6.31. The number of amides is 2. The topological polar surface area (TPSA) is 141 Å². The first-order valence-corrected chi connectivity index (χ1v) is 15.5. The second kappa shape index (κ2) is 12.3. The Morgan fingerprint density at radius 3 is 2.58 bits per heavy atom. The third-order valence-corrected chi connectivity index (χ3v) is 8.94. The van der Waals surface area contributed by atoms with E-state index in [1.807, 2.05) is 6.07 Å². The monoisotopic (exact) mass is 635 g/mol. The van der Waals surface area contributed by atoms with E-state index in [0.29, 0.717) is 41.3 Å². The lowest BCUT2D eigenvalue weighted by molar-refractivity contribution is -0.117. The van der Waals surface area contributed by atoms with Crippen molar-refractivity contribution < 1.29 is 28.6 Å². The van der Waals surface area contributed by atoms with Gasteiger partial charge in [0.15, 0.2) is 0 Å². The molecule has 0 unspecified atom stereocenters. The van der Waals surface area contributed by atoms with Gasteiger partial charge in [0.05, 0.1) is 48.6 Å². The molecular weight excluding hydrogens is 601 g/mol. The first kappa shape index (κ1) is 30.8. The number of nitrogens with two attached hydrogens (primary N) is 1. The molecule has 1 aromatic carbocycles. The average molecular weight is 636 g/mol. The summed E-state index contributed by atoms with van der Waals surface area (Å²) < 4.78 is 27.2. The molecule has 236 valence electrons. The molecule has 2 amide bonds. The second-order valence-electron chi connectivity index (χ2n) is 11.8.